The largest absolute Gasteiger partial charge is 0.362 e. The minimum Gasteiger partial charge on any atom is -0.244 e. The topological polar surface area (TPSA) is 3.24 Å². The fourth-order valence-electron chi connectivity index (χ4n) is 0.310. The van der Waals surface area contributed by atoms with Gasteiger partial charge in [-0.25, -0.2) is 4.90 Å². The predicted molar refractivity (Wildman–Crippen MR) is 29.0 cm³/mol. The van der Waals surface area contributed by atoms with E-state index >= 15 is 0 Å². The van der Waals surface area contributed by atoms with Crippen LogP contribution in [0.1, 0.15) is 0 Å². The highest BCUT2D eigenvalue weighted by Gasteiger charge is 2.41. The van der Waals surface area contributed by atoms with Crippen molar-refractivity contribution in [3.8, 4) is 0 Å². The van der Waals surface area contributed by atoms with Gasteiger partial charge in [0.15, 0.2) is 0 Å². The van der Waals surface area contributed by atoms with Gasteiger partial charge >= 0.3 is 12.1 Å². The second-order valence-electron chi connectivity index (χ2n) is 2.01. The predicted octanol–water partition coefficient (Wildman–Crippen LogP) is 2.22. The molecule has 6 heteroatoms. The molecule has 0 radical (unpaired) electrons. The van der Waals surface area contributed by atoms with E-state index in [0.29, 0.717) is 0 Å². The molecule has 11 heavy (non-hydrogen) atoms. The Morgan fingerprint density at radius 3 is 1.55 bits per heavy atom. The number of alkyl halides is 2. The van der Waals surface area contributed by atoms with Gasteiger partial charge in [-0.1, -0.05) is 0 Å². The highest BCUT2D eigenvalue weighted by atomic mass is 19.3. The summed E-state index contributed by atoms with van der Waals surface area (Å²) in [7, 11) is 1.59. The molecule has 0 saturated heterocycles. The molecule has 0 amide bonds. The van der Waals surface area contributed by atoms with Crippen molar-refractivity contribution in [3.05, 3.63) is 11.9 Å². The number of nitrogens with zero attached hydrogens (tertiary/aromatic N) is 1. The highest BCUT2D eigenvalue weighted by molar-refractivity contribution is 5.02. The lowest BCUT2D eigenvalue weighted by molar-refractivity contribution is -0.107. The van der Waals surface area contributed by atoms with Crippen molar-refractivity contribution in [3.63, 3.8) is 0 Å². The minimum atomic E-state index is -4.22. The third-order valence-corrected chi connectivity index (χ3v) is 0.992. The number of likely N-dealkylation sites (N-methyl/N-ethyl adjacent to an activating group) is 1. The maximum absolute atomic E-state index is 12.2. The highest BCUT2D eigenvalue weighted by Crippen LogP contribution is 2.30. The van der Waals surface area contributed by atoms with E-state index in [9.17, 15) is 22.0 Å². The first-order valence-corrected chi connectivity index (χ1v) is 2.56. The molecule has 0 aromatic carbocycles. The van der Waals surface area contributed by atoms with Crippen molar-refractivity contribution in [1.82, 2.24) is 4.90 Å². The molecule has 0 aliphatic carbocycles. The number of rotatable bonds is 2. The van der Waals surface area contributed by atoms with Crippen LogP contribution in [0.25, 0.3) is 0 Å². The molecule has 0 bridgehead atoms. The van der Waals surface area contributed by atoms with Crippen LogP contribution in [0.3, 0.4) is 0 Å². The molecule has 0 aromatic heterocycles. The minimum absolute atomic E-state index is 0.0570. The third kappa shape index (κ3) is 2.14. The van der Waals surface area contributed by atoms with Gasteiger partial charge in [0, 0.05) is 0 Å². The summed E-state index contributed by atoms with van der Waals surface area (Å²) in [6.45, 7) is 0. The van der Waals surface area contributed by atoms with E-state index in [1.54, 1.807) is 0 Å². The first-order valence-electron chi connectivity index (χ1n) is 2.56. The zero-order valence-corrected chi connectivity index (χ0v) is 5.84. The normalized spacial score (nSPS) is 12.0. The van der Waals surface area contributed by atoms with Crippen molar-refractivity contribution >= 4 is 0 Å². The monoisotopic (exact) mass is 175 g/mol. The van der Waals surface area contributed by atoms with Gasteiger partial charge in [-0.3, -0.25) is 0 Å². The fourth-order valence-corrected chi connectivity index (χ4v) is 0.310. The maximum Gasteiger partial charge on any atom is 0.362 e. The van der Waals surface area contributed by atoms with E-state index < -0.39 is 18.0 Å². The van der Waals surface area contributed by atoms with Crippen molar-refractivity contribution in [1.29, 1.82) is 0 Å². The van der Waals surface area contributed by atoms with Gasteiger partial charge in [0.25, 0.3) is 0 Å². The molecule has 0 aromatic rings. The first kappa shape index (κ1) is 10.3. The van der Waals surface area contributed by atoms with Crippen LogP contribution in [-0.4, -0.2) is 25.0 Å². The zero-order chi connectivity index (χ0) is 9.23. The number of hydrogen-bond acceptors (Lipinski definition) is 1. The van der Waals surface area contributed by atoms with Crippen LogP contribution in [0.4, 0.5) is 22.0 Å². The Morgan fingerprint density at radius 1 is 1.09 bits per heavy atom. The summed E-state index contributed by atoms with van der Waals surface area (Å²) < 4.78 is 58.9. The molecule has 0 atom stereocenters. The lowest BCUT2D eigenvalue weighted by Gasteiger charge is -2.20. The van der Waals surface area contributed by atoms with E-state index in [1.165, 1.54) is 0 Å². The third-order valence-electron chi connectivity index (χ3n) is 0.992. The molecule has 1 nitrogen and oxygen atoms in total. The summed E-state index contributed by atoms with van der Waals surface area (Å²) in [6, 6.07) is -4.22. The fraction of sp³-hybridized carbons (Fsp3) is 0.600. The molecule has 0 N–H and O–H groups in total. The lowest BCUT2D eigenvalue weighted by atomic mass is 10.4. The van der Waals surface area contributed by atoms with E-state index in [1.807, 2.05) is 0 Å². The first-order chi connectivity index (χ1) is 4.80. The van der Waals surface area contributed by atoms with Gasteiger partial charge in [0.1, 0.15) is 0 Å². The summed E-state index contributed by atoms with van der Waals surface area (Å²) in [5.74, 6) is -2.71. The molecule has 0 unspecified atom stereocenters. The summed E-state index contributed by atoms with van der Waals surface area (Å²) >= 11 is 0. The molecule has 0 aliphatic rings. The van der Waals surface area contributed by atoms with Crippen molar-refractivity contribution in [2.24, 2.45) is 0 Å². The molecule has 0 aliphatic heterocycles. The molecule has 0 rings (SSSR count). The Bertz CT molecular complexity index is 170. The smallest absolute Gasteiger partial charge is 0.244 e. The molecule has 66 valence electrons. The standard InChI is InChI=1S/C5H6F5N/c1-11(2)5(9,10)3(6)4(7)8/h1-2H3. The van der Waals surface area contributed by atoms with Gasteiger partial charge in [-0.2, -0.15) is 22.0 Å². The van der Waals surface area contributed by atoms with Crippen LogP contribution >= 0.6 is 0 Å². The second kappa shape index (κ2) is 3.17. The summed E-state index contributed by atoms with van der Waals surface area (Å²) in [5, 5.41) is 0. The van der Waals surface area contributed by atoms with Crippen LogP contribution in [0.5, 0.6) is 0 Å². The molecular weight excluding hydrogens is 169 g/mol. The summed E-state index contributed by atoms with van der Waals surface area (Å²) in [6.07, 6.45) is -3.00. The Balaban J connectivity index is 4.70. The number of hydrogen-bond donors (Lipinski definition) is 0. The van der Waals surface area contributed by atoms with Crippen LogP contribution in [0.2, 0.25) is 0 Å². The second-order valence-corrected chi connectivity index (χ2v) is 2.01. The van der Waals surface area contributed by atoms with Crippen molar-refractivity contribution in [2.75, 3.05) is 14.1 Å². The Hall–Kier alpha value is -0.650. The van der Waals surface area contributed by atoms with E-state index in [0.717, 1.165) is 14.1 Å². The average Bonchev–Trinajstić information content (AvgIpc) is 1.85. The molecular formula is C5H6F5N. The maximum atomic E-state index is 12.2. The van der Waals surface area contributed by atoms with E-state index in [4.69, 9.17) is 0 Å². The summed E-state index contributed by atoms with van der Waals surface area (Å²) in [4.78, 5) is 0.0570. The van der Waals surface area contributed by atoms with Crippen LogP contribution < -0.4 is 0 Å². The molecule has 0 fully saturated rings. The Labute approximate surface area is 60.1 Å². The Kier molecular flexibility index (Phi) is 2.98. The van der Waals surface area contributed by atoms with Crippen LogP contribution in [0.15, 0.2) is 11.9 Å². The quantitative estimate of drug-likeness (QED) is 0.459. The van der Waals surface area contributed by atoms with Crippen LogP contribution in [-0.2, 0) is 0 Å². The van der Waals surface area contributed by atoms with E-state index in [2.05, 4.69) is 0 Å². The van der Waals surface area contributed by atoms with Crippen LogP contribution in [0, 0.1) is 0 Å². The van der Waals surface area contributed by atoms with Crippen molar-refractivity contribution in [2.45, 2.75) is 6.05 Å². The molecule has 0 heterocycles. The molecule has 0 saturated carbocycles. The van der Waals surface area contributed by atoms with Gasteiger partial charge < -0.3 is 0 Å². The average molecular weight is 175 g/mol. The van der Waals surface area contributed by atoms with Gasteiger partial charge in [0.2, 0.25) is 5.83 Å². The van der Waals surface area contributed by atoms with Gasteiger partial charge in [-0.05, 0) is 14.1 Å². The lowest BCUT2D eigenvalue weighted by Crippen LogP contribution is -2.36. The van der Waals surface area contributed by atoms with Gasteiger partial charge in [0.05, 0.1) is 0 Å². The van der Waals surface area contributed by atoms with Crippen molar-refractivity contribution < 1.29 is 22.0 Å². The van der Waals surface area contributed by atoms with E-state index in [-0.39, 0.29) is 4.90 Å². The SMILES string of the molecule is CN(C)C(F)(F)C(F)=C(F)F. The number of halogens is 5. The summed E-state index contributed by atoms with van der Waals surface area (Å²) in [5.41, 5.74) is 0. The Morgan fingerprint density at radius 2 is 1.45 bits per heavy atom. The zero-order valence-electron chi connectivity index (χ0n) is 5.84. The molecule has 0 spiro atoms. The van der Waals surface area contributed by atoms with Gasteiger partial charge in [-0.15, -0.1) is 0 Å².